The molecule has 1 nitrogen and oxygen atoms in total. The van der Waals surface area contributed by atoms with E-state index in [2.05, 4.69) is 35.1 Å². The summed E-state index contributed by atoms with van der Waals surface area (Å²) in [5, 5.41) is 4.58. The van der Waals surface area contributed by atoms with Gasteiger partial charge in [-0.3, -0.25) is 0 Å². The van der Waals surface area contributed by atoms with Crippen LogP contribution in [0.25, 0.3) is 0 Å². The first-order valence-corrected chi connectivity index (χ1v) is 5.66. The highest BCUT2D eigenvalue weighted by Gasteiger charge is 1.91. The fourth-order valence-corrected chi connectivity index (χ4v) is 1.31. The highest BCUT2D eigenvalue weighted by Crippen LogP contribution is 1.97. The number of rotatable bonds is 7. The molecule has 0 saturated carbocycles. The quantitative estimate of drug-likeness (QED) is 0.516. The molecule has 0 fully saturated rings. The predicted octanol–water partition coefficient (Wildman–Crippen LogP) is 2.80. The number of hydrogen-bond donors (Lipinski definition) is 1. The van der Waals surface area contributed by atoms with Gasteiger partial charge in [-0.15, -0.1) is 0 Å². The van der Waals surface area contributed by atoms with E-state index in [4.69, 9.17) is 0 Å². The average Bonchev–Trinajstić information content (AvgIpc) is 1.96. The summed E-state index contributed by atoms with van der Waals surface area (Å²) in [7, 11) is 0. The van der Waals surface area contributed by atoms with Gasteiger partial charge in [0.25, 0.3) is 0 Å². The van der Waals surface area contributed by atoms with Gasteiger partial charge in [-0.1, -0.05) is 36.2 Å². The lowest BCUT2D eigenvalue weighted by atomic mass is 10.2. The van der Waals surface area contributed by atoms with Crippen molar-refractivity contribution in [2.45, 2.75) is 33.1 Å². The van der Waals surface area contributed by atoms with Crippen molar-refractivity contribution in [2.75, 3.05) is 18.4 Å². The van der Waals surface area contributed by atoms with Crippen LogP contribution < -0.4 is 5.32 Å². The van der Waals surface area contributed by atoms with Gasteiger partial charge in [0, 0.05) is 5.33 Å². The molecule has 0 aliphatic heterocycles. The van der Waals surface area contributed by atoms with Gasteiger partial charge in [0.05, 0.1) is 0 Å². The maximum absolute atomic E-state index is 3.43. The lowest BCUT2D eigenvalue weighted by Crippen LogP contribution is -2.20. The first kappa shape index (κ1) is 11.4. The van der Waals surface area contributed by atoms with Gasteiger partial charge in [0.1, 0.15) is 0 Å². The van der Waals surface area contributed by atoms with Crippen LogP contribution in [0.3, 0.4) is 0 Å². The van der Waals surface area contributed by atoms with Crippen molar-refractivity contribution in [2.24, 2.45) is 5.92 Å². The van der Waals surface area contributed by atoms with Crippen molar-refractivity contribution < 1.29 is 0 Å². The lowest BCUT2D eigenvalue weighted by molar-refractivity contribution is 0.534. The third-order valence-electron chi connectivity index (χ3n) is 1.54. The molecule has 0 bridgehead atoms. The maximum Gasteiger partial charge on any atom is 0.00313 e. The molecule has 0 aromatic heterocycles. The topological polar surface area (TPSA) is 12.0 Å². The molecule has 1 N–H and O–H groups in total. The van der Waals surface area contributed by atoms with Crippen LogP contribution in [-0.2, 0) is 0 Å². The zero-order valence-corrected chi connectivity index (χ0v) is 9.28. The predicted molar refractivity (Wildman–Crippen MR) is 55.4 cm³/mol. The van der Waals surface area contributed by atoms with Gasteiger partial charge in [-0.25, -0.2) is 0 Å². The van der Waals surface area contributed by atoms with Gasteiger partial charge in [0.15, 0.2) is 0 Å². The van der Waals surface area contributed by atoms with E-state index in [1.807, 2.05) is 0 Å². The summed E-state index contributed by atoms with van der Waals surface area (Å²) in [6.45, 7) is 6.83. The Morgan fingerprint density at radius 1 is 1.18 bits per heavy atom. The normalized spacial score (nSPS) is 10.9. The van der Waals surface area contributed by atoms with Crippen LogP contribution in [0.15, 0.2) is 0 Å². The van der Waals surface area contributed by atoms with Crippen molar-refractivity contribution in [1.29, 1.82) is 0 Å². The molecular weight excluding hydrogens is 202 g/mol. The van der Waals surface area contributed by atoms with E-state index in [0.717, 1.165) is 17.8 Å². The fourth-order valence-electron chi connectivity index (χ4n) is 0.912. The monoisotopic (exact) mass is 221 g/mol. The minimum atomic E-state index is 0.783. The van der Waals surface area contributed by atoms with Crippen LogP contribution in [0.4, 0.5) is 0 Å². The first-order valence-electron chi connectivity index (χ1n) is 4.54. The van der Waals surface area contributed by atoms with Gasteiger partial charge in [0.2, 0.25) is 0 Å². The summed E-state index contributed by atoms with van der Waals surface area (Å²) >= 11 is 3.42. The molecule has 0 saturated heterocycles. The molecule has 68 valence electrons. The molecule has 0 radical (unpaired) electrons. The summed E-state index contributed by atoms with van der Waals surface area (Å²) in [6.07, 6.45) is 3.97. The van der Waals surface area contributed by atoms with E-state index < -0.39 is 0 Å². The highest BCUT2D eigenvalue weighted by molar-refractivity contribution is 9.09. The van der Waals surface area contributed by atoms with E-state index in [1.54, 1.807) is 0 Å². The number of halogens is 1. The number of hydrogen-bond acceptors (Lipinski definition) is 1. The third kappa shape index (κ3) is 10.4. The Kier molecular flexibility index (Phi) is 8.88. The summed E-state index contributed by atoms with van der Waals surface area (Å²) in [5.74, 6) is 0.783. The van der Waals surface area contributed by atoms with Crippen molar-refractivity contribution in [3.63, 3.8) is 0 Å². The Hall–Kier alpha value is 0.440. The summed E-state index contributed by atoms with van der Waals surface area (Å²) in [5.41, 5.74) is 0. The first-order chi connectivity index (χ1) is 5.27. The van der Waals surface area contributed by atoms with Gasteiger partial charge >= 0.3 is 0 Å². The molecule has 11 heavy (non-hydrogen) atoms. The molecule has 0 heterocycles. The molecule has 0 rings (SSSR count). The Bertz CT molecular complexity index is 74.0. The van der Waals surface area contributed by atoms with E-state index in [0.29, 0.717) is 0 Å². The average molecular weight is 222 g/mol. The molecule has 0 aromatic carbocycles. The Morgan fingerprint density at radius 2 is 1.91 bits per heavy atom. The largest absolute Gasteiger partial charge is 0.316 e. The van der Waals surface area contributed by atoms with Crippen LogP contribution in [0.1, 0.15) is 33.1 Å². The Balaban J connectivity index is 2.80. The SMILES string of the molecule is CC(C)CNCCCCCBr. The maximum atomic E-state index is 3.43. The van der Waals surface area contributed by atoms with Crippen molar-refractivity contribution in [3.05, 3.63) is 0 Å². The van der Waals surface area contributed by atoms with E-state index >= 15 is 0 Å². The standard InChI is InChI=1S/C9H20BrN/c1-9(2)8-11-7-5-3-4-6-10/h9,11H,3-8H2,1-2H3. The van der Waals surface area contributed by atoms with Crippen LogP contribution in [0.5, 0.6) is 0 Å². The fraction of sp³-hybridized carbons (Fsp3) is 1.00. The molecular formula is C9H20BrN. The van der Waals surface area contributed by atoms with Crippen molar-refractivity contribution in [1.82, 2.24) is 5.32 Å². The van der Waals surface area contributed by atoms with Gasteiger partial charge < -0.3 is 5.32 Å². The lowest BCUT2D eigenvalue weighted by Gasteiger charge is -2.06. The molecule has 0 aliphatic rings. The molecule has 0 amide bonds. The highest BCUT2D eigenvalue weighted by atomic mass is 79.9. The van der Waals surface area contributed by atoms with E-state index in [1.165, 1.54) is 25.8 Å². The Labute approximate surface area is 79.1 Å². The smallest absolute Gasteiger partial charge is 0.00313 e. The van der Waals surface area contributed by atoms with E-state index in [-0.39, 0.29) is 0 Å². The number of alkyl halides is 1. The van der Waals surface area contributed by atoms with Gasteiger partial charge in [-0.2, -0.15) is 0 Å². The van der Waals surface area contributed by atoms with Crippen LogP contribution in [-0.4, -0.2) is 18.4 Å². The molecule has 0 spiro atoms. The van der Waals surface area contributed by atoms with Gasteiger partial charge in [-0.05, 0) is 31.8 Å². The molecule has 0 unspecified atom stereocenters. The number of nitrogens with one attached hydrogen (secondary N) is 1. The summed E-state index contributed by atoms with van der Waals surface area (Å²) in [4.78, 5) is 0. The zero-order valence-electron chi connectivity index (χ0n) is 7.70. The second-order valence-corrected chi connectivity index (χ2v) is 4.14. The summed E-state index contributed by atoms with van der Waals surface area (Å²) < 4.78 is 0. The molecule has 0 aromatic rings. The Morgan fingerprint density at radius 3 is 2.45 bits per heavy atom. The van der Waals surface area contributed by atoms with Crippen LogP contribution >= 0.6 is 15.9 Å². The number of unbranched alkanes of at least 4 members (excludes halogenated alkanes) is 2. The minimum Gasteiger partial charge on any atom is -0.316 e. The second kappa shape index (κ2) is 8.54. The zero-order chi connectivity index (χ0) is 8.53. The third-order valence-corrected chi connectivity index (χ3v) is 2.10. The van der Waals surface area contributed by atoms with Crippen molar-refractivity contribution >= 4 is 15.9 Å². The molecule has 0 aliphatic carbocycles. The minimum absolute atomic E-state index is 0.783. The van der Waals surface area contributed by atoms with Crippen LogP contribution in [0, 0.1) is 5.92 Å². The van der Waals surface area contributed by atoms with Crippen LogP contribution in [0.2, 0.25) is 0 Å². The van der Waals surface area contributed by atoms with E-state index in [9.17, 15) is 0 Å². The molecule has 0 atom stereocenters. The molecule has 2 heteroatoms. The van der Waals surface area contributed by atoms with Crippen molar-refractivity contribution in [3.8, 4) is 0 Å². The second-order valence-electron chi connectivity index (χ2n) is 3.35. The summed E-state index contributed by atoms with van der Waals surface area (Å²) in [6, 6.07) is 0.